The molecule has 0 radical (unpaired) electrons. The average molecular weight is 278 g/mol. The van der Waals surface area contributed by atoms with Gasteiger partial charge in [0.05, 0.1) is 5.75 Å². The van der Waals surface area contributed by atoms with Crippen LogP contribution in [-0.4, -0.2) is 58.9 Å². The third kappa shape index (κ3) is 5.65. The maximum absolute atomic E-state index is 11.9. The topological polar surface area (TPSA) is 58.6 Å². The summed E-state index contributed by atoms with van der Waals surface area (Å²) in [6, 6.07) is 0. The van der Waals surface area contributed by atoms with E-state index in [4.69, 9.17) is 4.74 Å². The fourth-order valence-electron chi connectivity index (χ4n) is 2.22. The number of piperidine rings is 1. The first-order chi connectivity index (χ1) is 8.56. The monoisotopic (exact) mass is 278 g/mol. The van der Waals surface area contributed by atoms with Crippen LogP contribution in [0, 0.1) is 5.92 Å². The van der Waals surface area contributed by atoms with E-state index >= 15 is 0 Å². The molecular weight excluding hydrogens is 252 g/mol. The van der Waals surface area contributed by atoms with Gasteiger partial charge in [-0.15, -0.1) is 0 Å². The molecule has 0 unspecified atom stereocenters. The summed E-state index contributed by atoms with van der Waals surface area (Å²) in [5.41, 5.74) is 0. The van der Waals surface area contributed by atoms with Crippen molar-refractivity contribution < 1.29 is 13.2 Å². The van der Waals surface area contributed by atoms with E-state index in [0.717, 1.165) is 32.4 Å². The molecule has 1 saturated heterocycles. The number of nitrogens with zero attached hydrogens (tertiary/aromatic N) is 1. The van der Waals surface area contributed by atoms with Crippen LogP contribution in [0.25, 0.3) is 0 Å². The number of hydrogen-bond acceptors (Lipinski definition) is 4. The molecular formula is C12H26N2O3S. The summed E-state index contributed by atoms with van der Waals surface area (Å²) in [6.45, 7) is 3.27. The lowest BCUT2D eigenvalue weighted by atomic mass is 9.95. The highest BCUT2D eigenvalue weighted by Gasteiger charge is 2.19. The summed E-state index contributed by atoms with van der Waals surface area (Å²) in [6.07, 6.45) is 3.87. The highest BCUT2D eigenvalue weighted by molar-refractivity contribution is 7.89. The van der Waals surface area contributed by atoms with Crippen molar-refractivity contribution in [2.75, 3.05) is 46.2 Å². The Bertz CT molecular complexity index is 313. The maximum atomic E-state index is 11.9. The molecule has 0 bridgehead atoms. The Morgan fingerprint density at radius 3 is 2.61 bits per heavy atom. The number of rotatable bonds is 8. The van der Waals surface area contributed by atoms with Crippen molar-refractivity contribution in [2.45, 2.75) is 25.7 Å². The standard InChI is InChI=1S/C12H26N2O3S/c1-14(18(15,16)11-3-10-17-2)9-6-12-4-7-13-8-5-12/h12-13H,3-11H2,1-2H3. The molecule has 0 aliphatic carbocycles. The summed E-state index contributed by atoms with van der Waals surface area (Å²) < 4.78 is 30.3. The SMILES string of the molecule is COCCCS(=O)(=O)N(C)CCC1CCNCC1. The zero-order valence-electron chi connectivity index (χ0n) is 11.5. The summed E-state index contributed by atoms with van der Waals surface area (Å²) >= 11 is 0. The molecule has 0 aromatic heterocycles. The van der Waals surface area contributed by atoms with Gasteiger partial charge in [-0.2, -0.15) is 0 Å². The van der Waals surface area contributed by atoms with Crippen LogP contribution in [0.5, 0.6) is 0 Å². The third-order valence-electron chi connectivity index (χ3n) is 3.54. The van der Waals surface area contributed by atoms with Gasteiger partial charge in [-0.25, -0.2) is 12.7 Å². The summed E-state index contributed by atoms with van der Waals surface area (Å²) in [4.78, 5) is 0. The molecule has 1 N–H and O–H groups in total. The van der Waals surface area contributed by atoms with E-state index in [0.29, 0.717) is 25.5 Å². The second kappa shape index (κ2) is 8.09. The molecule has 0 atom stereocenters. The zero-order chi connectivity index (χ0) is 13.4. The molecule has 0 amide bonds. The number of sulfonamides is 1. The normalized spacial score (nSPS) is 18.4. The molecule has 108 valence electrons. The molecule has 1 rings (SSSR count). The fraction of sp³-hybridized carbons (Fsp3) is 1.00. The van der Waals surface area contributed by atoms with Crippen LogP contribution in [0.3, 0.4) is 0 Å². The third-order valence-corrected chi connectivity index (χ3v) is 5.47. The van der Waals surface area contributed by atoms with Crippen LogP contribution in [0.1, 0.15) is 25.7 Å². The minimum absolute atomic E-state index is 0.184. The largest absolute Gasteiger partial charge is 0.385 e. The first-order valence-electron chi connectivity index (χ1n) is 6.70. The Morgan fingerprint density at radius 2 is 2.00 bits per heavy atom. The van der Waals surface area contributed by atoms with E-state index in [1.807, 2.05) is 0 Å². The lowest BCUT2D eigenvalue weighted by molar-refractivity contribution is 0.199. The van der Waals surface area contributed by atoms with Gasteiger partial charge in [-0.05, 0) is 44.7 Å². The van der Waals surface area contributed by atoms with Gasteiger partial charge in [0.2, 0.25) is 10.0 Å². The molecule has 1 fully saturated rings. The molecule has 0 spiro atoms. The van der Waals surface area contributed by atoms with Crippen molar-refractivity contribution in [3.8, 4) is 0 Å². The molecule has 1 aliphatic rings. The summed E-state index contributed by atoms with van der Waals surface area (Å²) in [5.74, 6) is 0.853. The van der Waals surface area contributed by atoms with Gasteiger partial charge in [0.1, 0.15) is 0 Å². The van der Waals surface area contributed by atoms with Crippen molar-refractivity contribution in [2.24, 2.45) is 5.92 Å². The molecule has 1 heterocycles. The van der Waals surface area contributed by atoms with Crippen molar-refractivity contribution >= 4 is 10.0 Å². The number of hydrogen-bond donors (Lipinski definition) is 1. The zero-order valence-corrected chi connectivity index (χ0v) is 12.3. The van der Waals surface area contributed by atoms with E-state index in [1.54, 1.807) is 14.2 Å². The van der Waals surface area contributed by atoms with Crippen LogP contribution in [-0.2, 0) is 14.8 Å². The Morgan fingerprint density at radius 1 is 1.33 bits per heavy atom. The molecule has 6 heteroatoms. The Balaban J connectivity index is 2.27. The molecule has 0 aromatic carbocycles. The van der Waals surface area contributed by atoms with Gasteiger partial charge in [0.25, 0.3) is 0 Å². The molecule has 1 aliphatic heterocycles. The molecule has 0 saturated carbocycles. The van der Waals surface area contributed by atoms with Gasteiger partial charge in [-0.1, -0.05) is 0 Å². The van der Waals surface area contributed by atoms with Crippen molar-refractivity contribution in [3.63, 3.8) is 0 Å². The number of methoxy groups -OCH3 is 1. The van der Waals surface area contributed by atoms with Crippen LogP contribution < -0.4 is 5.32 Å². The highest BCUT2D eigenvalue weighted by atomic mass is 32.2. The van der Waals surface area contributed by atoms with Gasteiger partial charge in [0, 0.05) is 27.3 Å². The van der Waals surface area contributed by atoms with Gasteiger partial charge in [-0.3, -0.25) is 0 Å². The second-order valence-corrected chi connectivity index (χ2v) is 7.16. The number of nitrogens with one attached hydrogen (secondary N) is 1. The van der Waals surface area contributed by atoms with E-state index in [9.17, 15) is 8.42 Å². The number of ether oxygens (including phenoxy) is 1. The van der Waals surface area contributed by atoms with Crippen LogP contribution >= 0.6 is 0 Å². The lowest BCUT2D eigenvalue weighted by Crippen LogP contribution is -2.34. The van der Waals surface area contributed by atoms with Crippen LogP contribution in [0.2, 0.25) is 0 Å². The van der Waals surface area contributed by atoms with E-state index in [-0.39, 0.29) is 5.75 Å². The highest BCUT2D eigenvalue weighted by Crippen LogP contribution is 2.16. The van der Waals surface area contributed by atoms with Gasteiger partial charge >= 0.3 is 0 Å². The fourth-order valence-corrected chi connectivity index (χ4v) is 3.39. The smallest absolute Gasteiger partial charge is 0.213 e. The Labute approximate surface area is 111 Å². The van der Waals surface area contributed by atoms with Crippen LogP contribution in [0.15, 0.2) is 0 Å². The summed E-state index contributed by atoms with van der Waals surface area (Å²) in [5, 5.41) is 3.32. The Kier molecular flexibility index (Phi) is 7.14. The van der Waals surface area contributed by atoms with Crippen molar-refractivity contribution in [3.05, 3.63) is 0 Å². The van der Waals surface area contributed by atoms with Gasteiger partial charge in [0.15, 0.2) is 0 Å². The Hall–Kier alpha value is -0.170. The minimum Gasteiger partial charge on any atom is -0.385 e. The quantitative estimate of drug-likeness (QED) is 0.663. The van der Waals surface area contributed by atoms with Crippen LogP contribution in [0.4, 0.5) is 0 Å². The first-order valence-corrected chi connectivity index (χ1v) is 8.31. The van der Waals surface area contributed by atoms with E-state index < -0.39 is 10.0 Å². The maximum Gasteiger partial charge on any atom is 0.213 e. The van der Waals surface area contributed by atoms with E-state index in [1.165, 1.54) is 4.31 Å². The predicted molar refractivity (Wildman–Crippen MR) is 73.1 cm³/mol. The van der Waals surface area contributed by atoms with Crippen molar-refractivity contribution in [1.29, 1.82) is 0 Å². The van der Waals surface area contributed by atoms with Crippen molar-refractivity contribution in [1.82, 2.24) is 9.62 Å². The minimum atomic E-state index is -3.10. The lowest BCUT2D eigenvalue weighted by Gasteiger charge is -2.25. The van der Waals surface area contributed by atoms with Gasteiger partial charge < -0.3 is 10.1 Å². The molecule has 0 aromatic rings. The molecule has 18 heavy (non-hydrogen) atoms. The molecule has 5 nitrogen and oxygen atoms in total. The second-order valence-electron chi connectivity index (χ2n) is 4.97. The average Bonchev–Trinajstić information content (AvgIpc) is 2.37. The summed E-state index contributed by atoms with van der Waals surface area (Å²) in [7, 11) is 0.179. The first kappa shape index (κ1) is 15.9. The predicted octanol–water partition coefficient (Wildman–Crippen LogP) is 0.674. The van der Waals surface area contributed by atoms with E-state index in [2.05, 4.69) is 5.32 Å².